The van der Waals surface area contributed by atoms with E-state index in [-0.39, 0.29) is 11.5 Å². The molecule has 0 fully saturated rings. The van der Waals surface area contributed by atoms with Crippen LogP contribution in [0.3, 0.4) is 0 Å². The molecule has 2 N–H and O–H groups in total. The van der Waals surface area contributed by atoms with Gasteiger partial charge in [-0.15, -0.1) is 0 Å². The number of carbonyl (C=O) groups excluding carboxylic acids is 3. The van der Waals surface area contributed by atoms with Crippen LogP contribution in [-0.2, 0) is 9.59 Å². The standard InChI is InChI=1S/C26H24BrN3O6/c1-3-14-35-21-11-5-18(6-12-21)26(33)36-22-13-4-17(15-23(22)34-2)16-28-30-25(32)24(31)29-20-9-7-19(27)8-10-20/h4-13,15-16H,3,14H2,1-2H3,(H,29,31)(H,30,32)/b28-16-. The van der Waals surface area contributed by atoms with E-state index < -0.39 is 17.8 Å². The maximum Gasteiger partial charge on any atom is 0.343 e. The number of hydrogen-bond donors (Lipinski definition) is 2. The van der Waals surface area contributed by atoms with Crippen molar-refractivity contribution in [2.24, 2.45) is 5.10 Å². The molecule has 0 saturated carbocycles. The molecule has 9 nitrogen and oxygen atoms in total. The van der Waals surface area contributed by atoms with Crippen molar-refractivity contribution in [3.63, 3.8) is 0 Å². The third-order valence-corrected chi connectivity index (χ3v) is 5.17. The lowest BCUT2D eigenvalue weighted by Crippen LogP contribution is -2.32. The van der Waals surface area contributed by atoms with E-state index in [1.165, 1.54) is 13.3 Å². The van der Waals surface area contributed by atoms with Gasteiger partial charge < -0.3 is 19.5 Å². The Morgan fingerprint density at radius 1 is 0.944 bits per heavy atom. The summed E-state index contributed by atoms with van der Waals surface area (Å²) in [5.74, 6) is -1.18. The lowest BCUT2D eigenvalue weighted by Gasteiger charge is -2.10. The summed E-state index contributed by atoms with van der Waals surface area (Å²) in [6.07, 6.45) is 2.21. The number of anilines is 1. The smallest absolute Gasteiger partial charge is 0.343 e. The van der Waals surface area contributed by atoms with E-state index in [1.54, 1.807) is 66.7 Å². The first kappa shape index (κ1) is 26.4. The summed E-state index contributed by atoms with van der Waals surface area (Å²) in [5.41, 5.74) is 3.53. The summed E-state index contributed by atoms with van der Waals surface area (Å²) in [6, 6.07) is 18.1. The zero-order valence-electron chi connectivity index (χ0n) is 19.6. The van der Waals surface area contributed by atoms with E-state index in [9.17, 15) is 14.4 Å². The Morgan fingerprint density at radius 2 is 1.67 bits per heavy atom. The van der Waals surface area contributed by atoms with Gasteiger partial charge in [-0.1, -0.05) is 22.9 Å². The van der Waals surface area contributed by atoms with Gasteiger partial charge >= 0.3 is 17.8 Å². The van der Waals surface area contributed by atoms with Crippen LogP contribution in [0, 0.1) is 0 Å². The number of nitrogens with zero attached hydrogens (tertiary/aromatic N) is 1. The number of rotatable bonds is 9. The predicted octanol–water partition coefficient (Wildman–Crippen LogP) is 4.55. The Bertz CT molecular complexity index is 1240. The number of hydrogen-bond acceptors (Lipinski definition) is 7. The molecule has 0 saturated heterocycles. The molecule has 3 aromatic rings. The highest BCUT2D eigenvalue weighted by Crippen LogP contribution is 2.28. The predicted molar refractivity (Wildman–Crippen MR) is 139 cm³/mol. The third kappa shape index (κ3) is 7.67. The van der Waals surface area contributed by atoms with E-state index in [1.807, 2.05) is 6.92 Å². The Labute approximate surface area is 216 Å². The first-order valence-corrected chi connectivity index (χ1v) is 11.7. The van der Waals surface area contributed by atoms with Gasteiger partial charge in [-0.25, -0.2) is 10.2 Å². The summed E-state index contributed by atoms with van der Waals surface area (Å²) in [5, 5.41) is 6.26. The zero-order chi connectivity index (χ0) is 25.9. The number of methoxy groups -OCH3 is 1. The lowest BCUT2D eigenvalue weighted by molar-refractivity contribution is -0.136. The highest BCUT2D eigenvalue weighted by Gasteiger charge is 2.14. The fourth-order valence-electron chi connectivity index (χ4n) is 2.85. The van der Waals surface area contributed by atoms with Crippen molar-refractivity contribution in [1.82, 2.24) is 5.43 Å². The number of nitrogens with one attached hydrogen (secondary N) is 2. The Morgan fingerprint density at radius 3 is 2.33 bits per heavy atom. The van der Waals surface area contributed by atoms with Crippen molar-refractivity contribution in [1.29, 1.82) is 0 Å². The first-order valence-electron chi connectivity index (χ1n) is 10.9. The minimum Gasteiger partial charge on any atom is -0.494 e. The molecule has 0 aliphatic carbocycles. The average molecular weight is 554 g/mol. The molecule has 0 heterocycles. The van der Waals surface area contributed by atoms with Gasteiger partial charge in [-0.05, 0) is 78.7 Å². The number of hydrazone groups is 1. The average Bonchev–Trinajstić information content (AvgIpc) is 2.89. The molecule has 3 aromatic carbocycles. The summed E-state index contributed by atoms with van der Waals surface area (Å²) < 4.78 is 17.1. The highest BCUT2D eigenvalue weighted by atomic mass is 79.9. The third-order valence-electron chi connectivity index (χ3n) is 4.64. The van der Waals surface area contributed by atoms with Crippen LogP contribution in [-0.4, -0.2) is 37.7 Å². The van der Waals surface area contributed by atoms with Crippen molar-refractivity contribution in [2.75, 3.05) is 19.0 Å². The summed E-state index contributed by atoms with van der Waals surface area (Å²) in [7, 11) is 1.43. The summed E-state index contributed by atoms with van der Waals surface area (Å²) in [4.78, 5) is 36.5. The largest absolute Gasteiger partial charge is 0.494 e. The molecule has 10 heteroatoms. The van der Waals surface area contributed by atoms with Gasteiger partial charge in [0.05, 0.1) is 25.5 Å². The van der Waals surface area contributed by atoms with Gasteiger partial charge in [0.2, 0.25) is 0 Å². The first-order chi connectivity index (χ1) is 17.4. The van der Waals surface area contributed by atoms with E-state index >= 15 is 0 Å². The van der Waals surface area contributed by atoms with Gasteiger partial charge in [0.15, 0.2) is 11.5 Å². The van der Waals surface area contributed by atoms with Gasteiger partial charge in [0.25, 0.3) is 0 Å². The molecule has 0 bridgehead atoms. The quantitative estimate of drug-likeness (QED) is 0.132. The number of esters is 1. The molecular weight excluding hydrogens is 530 g/mol. The van der Waals surface area contributed by atoms with Crippen LogP contribution in [0.1, 0.15) is 29.3 Å². The second kappa shape index (κ2) is 13.1. The molecule has 0 aliphatic rings. The topological polar surface area (TPSA) is 115 Å². The Kier molecular flexibility index (Phi) is 9.58. The fraction of sp³-hybridized carbons (Fsp3) is 0.154. The van der Waals surface area contributed by atoms with Crippen molar-refractivity contribution < 1.29 is 28.6 Å². The van der Waals surface area contributed by atoms with Gasteiger partial charge in [-0.3, -0.25) is 9.59 Å². The van der Waals surface area contributed by atoms with E-state index in [2.05, 4.69) is 31.8 Å². The number of benzene rings is 3. The van der Waals surface area contributed by atoms with E-state index in [0.29, 0.717) is 29.2 Å². The highest BCUT2D eigenvalue weighted by molar-refractivity contribution is 9.10. The van der Waals surface area contributed by atoms with Crippen LogP contribution in [0.5, 0.6) is 17.2 Å². The van der Waals surface area contributed by atoms with Crippen LogP contribution in [0.25, 0.3) is 0 Å². The van der Waals surface area contributed by atoms with Crippen molar-refractivity contribution >= 4 is 45.6 Å². The maximum atomic E-state index is 12.5. The molecule has 0 unspecified atom stereocenters. The van der Waals surface area contributed by atoms with Gasteiger partial charge in [0, 0.05) is 10.2 Å². The van der Waals surface area contributed by atoms with Crippen LogP contribution in [0.4, 0.5) is 5.69 Å². The second-order valence-electron chi connectivity index (χ2n) is 7.33. The second-order valence-corrected chi connectivity index (χ2v) is 8.25. The summed E-state index contributed by atoms with van der Waals surface area (Å²) >= 11 is 3.29. The normalized spacial score (nSPS) is 10.5. The van der Waals surface area contributed by atoms with Crippen molar-refractivity contribution in [3.8, 4) is 17.2 Å². The van der Waals surface area contributed by atoms with Crippen molar-refractivity contribution in [3.05, 3.63) is 82.3 Å². The number of amides is 2. The number of carbonyl (C=O) groups is 3. The lowest BCUT2D eigenvalue weighted by atomic mass is 10.2. The van der Waals surface area contributed by atoms with E-state index in [0.717, 1.165) is 10.9 Å². The number of ether oxygens (including phenoxy) is 3. The monoisotopic (exact) mass is 553 g/mol. The summed E-state index contributed by atoms with van der Waals surface area (Å²) in [6.45, 7) is 2.61. The molecule has 0 spiro atoms. The van der Waals surface area contributed by atoms with Crippen LogP contribution in [0.2, 0.25) is 0 Å². The number of halogens is 1. The molecular formula is C26H24BrN3O6. The van der Waals surface area contributed by atoms with Crippen LogP contribution < -0.4 is 25.0 Å². The zero-order valence-corrected chi connectivity index (χ0v) is 21.2. The van der Waals surface area contributed by atoms with Gasteiger partial charge in [0.1, 0.15) is 5.75 Å². The minimum atomic E-state index is -0.933. The molecule has 186 valence electrons. The molecule has 0 radical (unpaired) electrons. The maximum absolute atomic E-state index is 12.5. The minimum absolute atomic E-state index is 0.212. The fourth-order valence-corrected chi connectivity index (χ4v) is 3.12. The molecule has 0 aromatic heterocycles. The van der Waals surface area contributed by atoms with Crippen molar-refractivity contribution in [2.45, 2.75) is 13.3 Å². The molecule has 2 amide bonds. The van der Waals surface area contributed by atoms with Crippen LogP contribution in [0.15, 0.2) is 76.3 Å². The molecule has 0 aliphatic heterocycles. The molecule has 36 heavy (non-hydrogen) atoms. The van der Waals surface area contributed by atoms with E-state index in [4.69, 9.17) is 14.2 Å². The Hall–Kier alpha value is -4.18. The van der Waals surface area contributed by atoms with Crippen LogP contribution >= 0.6 is 15.9 Å². The SMILES string of the molecule is CCCOc1ccc(C(=O)Oc2ccc(/C=N\NC(=O)C(=O)Nc3ccc(Br)cc3)cc2OC)cc1. The Balaban J connectivity index is 1.57. The molecule has 0 atom stereocenters. The molecule has 3 rings (SSSR count). The van der Waals surface area contributed by atoms with Gasteiger partial charge in [-0.2, -0.15) is 5.10 Å².